The van der Waals surface area contributed by atoms with Crippen molar-refractivity contribution in [2.75, 3.05) is 19.6 Å². The van der Waals surface area contributed by atoms with E-state index >= 15 is 0 Å². The summed E-state index contributed by atoms with van der Waals surface area (Å²) < 4.78 is 0. The number of amides is 2. The van der Waals surface area contributed by atoms with Gasteiger partial charge in [-0.3, -0.25) is 4.79 Å². The number of hydrogen-bond acceptors (Lipinski definition) is 2. The first kappa shape index (κ1) is 14.8. The van der Waals surface area contributed by atoms with E-state index in [1.165, 1.54) is 6.42 Å². The van der Waals surface area contributed by atoms with Gasteiger partial charge in [-0.15, -0.1) is 0 Å². The lowest BCUT2D eigenvalue weighted by Crippen LogP contribution is -2.41. The molecule has 0 aromatic heterocycles. The highest BCUT2D eigenvalue weighted by molar-refractivity contribution is 5.74. The number of aliphatic carboxylic acids is 1. The van der Waals surface area contributed by atoms with Crippen LogP contribution in [0.1, 0.15) is 39.5 Å². The molecule has 1 aliphatic rings. The van der Waals surface area contributed by atoms with E-state index in [1.54, 1.807) is 6.92 Å². The second-order valence-corrected chi connectivity index (χ2v) is 5.28. The summed E-state index contributed by atoms with van der Waals surface area (Å²) in [6.45, 7) is 5.92. The Morgan fingerprint density at radius 3 is 2.78 bits per heavy atom. The van der Waals surface area contributed by atoms with Gasteiger partial charge in [-0.05, 0) is 31.6 Å². The zero-order chi connectivity index (χ0) is 13.5. The molecule has 2 atom stereocenters. The molecular formula is C13H24N2O3. The normalized spacial score (nSPS) is 22.1. The fraction of sp³-hybridized carbons (Fsp3) is 0.846. The van der Waals surface area contributed by atoms with Crippen molar-refractivity contribution in [1.82, 2.24) is 10.2 Å². The van der Waals surface area contributed by atoms with Crippen molar-refractivity contribution in [3.05, 3.63) is 0 Å². The van der Waals surface area contributed by atoms with Gasteiger partial charge in [0.15, 0.2) is 0 Å². The zero-order valence-corrected chi connectivity index (χ0v) is 11.3. The third kappa shape index (κ3) is 4.94. The summed E-state index contributed by atoms with van der Waals surface area (Å²) >= 11 is 0. The van der Waals surface area contributed by atoms with E-state index in [1.807, 2.05) is 4.90 Å². The van der Waals surface area contributed by atoms with E-state index < -0.39 is 11.9 Å². The van der Waals surface area contributed by atoms with Crippen LogP contribution in [0.25, 0.3) is 0 Å². The Hall–Kier alpha value is -1.26. The number of carboxylic acid groups (broad SMARTS) is 1. The zero-order valence-electron chi connectivity index (χ0n) is 11.3. The van der Waals surface area contributed by atoms with E-state index in [9.17, 15) is 9.59 Å². The Morgan fingerprint density at radius 1 is 1.39 bits per heavy atom. The van der Waals surface area contributed by atoms with Gasteiger partial charge in [-0.1, -0.05) is 13.8 Å². The third-order valence-corrected chi connectivity index (χ3v) is 3.58. The van der Waals surface area contributed by atoms with Crippen molar-refractivity contribution in [1.29, 1.82) is 0 Å². The summed E-state index contributed by atoms with van der Waals surface area (Å²) in [7, 11) is 0. The largest absolute Gasteiger partial charge is 0.481 e. The molecule has 1 saturated heterocycles. The number of carboxylic acids is 1. The maximum atomic E-state index is 11.9. The lowest BCUT2D eigenvalue weighted by atomic mass is 10.0. The minimum atomic E-state index is -0.812. The fourth-order valence-corrected chi connectivity index (χ4v) is 2.10. The summed E-state index contributed by atoms with van der Waals surface area (Å²) in [6, 6.07) is -0.0540. The number of urea groups is 1. The van der Waals surface area contributed by atoms with Crippen LogP contribution in [0.5, 0.6) is 0 Å². The highest BCUT2D eigenvalue weighted by Crippen LogP contribution is 2.16. The van der Waals surface area contributed by atoms with Crippen LogP contribution in [0.4, 0.5) is 4.79 Å². The van der Waals surface area contributed by atoms with Gasteiger partial charge in [-0.25, -0.2) is 4.79 Å². The Labute approximate surface area is 109 Å². The van der Waals surface area contributed by atoms with Gasteiger partial charge in [0.1, 0.15) is 0 Å². The lowest BCUT2D eigenvalue weighted by Gasteiger charge is -2.21. The molecular weight excluding hydrogens is 232 g/mol. The second-order valence-electron chi connectivity index (χ2n) is 5.28. The van der Waals surface area contributed by atoms with Crippen LogP contribution < -0.4 is 5.32 Å². The number of likely N-dealkylation sites (tertiary alicyclic amines) is 1. The Bertz CT molecular complexity index is 294. The molecule has 1 rings (SSSR count). The van der Waals surface area contributed by atoms with E-state index in [0.717, 1.165) is 25.9 Å². The highest BCUT2D eigenvalue weighted by atomic mass is 16.4. The first-order valence-electron chi connectivity index (χ1n) is 6.76. The van der Waals surface area contributed by atoms with Crippen molar-refractivity contribution in [2.24, 2.45) is 11.8 Å². The molecule has 2 N–H and O–H groups in total. The monoisotopic (exact) mass is 256 g/mol. The molecule has 5 heteroatoms. The average Bonchev–Trinajstić information content (AvgIpc) is 2.53. The summed E-state index contributed by atoms with van der Waals surface area (Å²) in [4.78, 5) is 24.4. The summed E-state index contributed by atoms with van der Waals surface area (Å²) in [5.41, 5.74) is 0. The number of carbonyl (C=O) groups excluding carboxylic acids is 1. The highest BCUT2D eigenvalue weighted by Gasteiger charge is 2.18. The van der Waals surface area contributed by atoms with Gasteiger partial charge in [0.05, 0.1) is 5.92 Å². The van der Waals surface area contributed by atoms with Crippen LogP contribution in [-0.4, -0.2) is 41.6 Å². The molecule has 18 heavy (non-hydrogen) atoms. The Morgan fingerprint density at radius 2 is 2.11 bits per heavy atom. The maximum absolute atomic E-state index is 11.9. The molecule has 2 unspecified atom stereocenters. The van der Waals surface area contributed by atoms with Gasteiger partial charge in [-0.2, -0.15) is 0 Å². The molecule has 0 aromatic rings. The number of nitrogens with one attached hydrogen (secondary N) is 1. The topological polar surface area (TPSA) is 69.6 Å². The predicted octanol–water partition coefficient (Wildman–Crippen LogP) is 1.93. The molecule has 0 aliphatic carbocycles. The number of rotatable bonds is 4. The molecule has 0 radical (unpaired) electrons. The Balaban J connectivity index is 2.25. The summed E-state index contributed by atoms with van der Waals surface area (Å²) in [6.07, 6.45) is 3.77. The average molecular weight is 256 g/mol. The van der Waals surface area contributed by atoms with E-state index in [-0.39, 0.29) is 6.03 Å². The number of nitrogens with zero attached hydrogens (tertiary/aromatic N) is 1. The van der Waals surface area contributed by atoms with Gasteiger partial charge < -0.3 is 15.3 Å². The van der Waals surface area contributed by atoms with Crippen LogP contribution in [0.15, 0.2) is 0 Å². The molecule has 2 amide bonds. The van der Waals surface area contributed by atoms with E-state index in [2.05, 4.69) is 12.2 Å². The standard InChI is InChI=1S/C13H24N2O3/c1-10-4-3-8-15(9-6-10)13(18)14-7-5-11(2)12(16)17/h10-11H,3-9H2,1-2H3,(H,14,18)(H,16,17). The molecule has 1 aliphatic heterocycles. The third-order valence-electron chi connectivity index (χ3n) is 3.58. The van der Waals surface area contributed by atoms with Crippen LogP contribution in [0.3, 0.4) is 0 Å². The van der Waals surface area contributed by atoms with Crippen molar-refractivity contribution < 1.29 is 14.7 Å². The van der Waals surface area contributed by atoms with Gasteiger partial charge >= 0.3 is 12.0 Å². The van der Waals surface area contributed by atoms with E-state index in [0.29, 0.717) is 18.9 Å². The molecule has 1 heterocycles. The second kappa shape index (κ2) is 7.24. The molecule has 5 nitrogen and oxygen atoms in total. The molecule has 0 saturated carbocycles. The minimum Gasteiger partial charge on any atom is -0.481 e. The van der Waals surface area contributed by atoms with Gasteiger partial charge in [0.2, 0.25) is 0 Å². The fourth-order valence-electron chi connectivity index (χ4n) is 2.10. The van der Waals surface area contributed by atoms with Crippen LogP contribution in [0, 0.1) is 11.8 Å². The number of carbonyl (C=O) groups is 2. The molecule has 0 aromatic carbocycles. The molecule has 0 spiro atoms. The quantitative estimate of drug-likeness (QED) is 0.807. The van der Waals surface area contributed by atoms with Crippen molar-refractivity contribution in [2.45, 2.75) is 39.5 Å². The van der Waals surface area contributed by atoms with Crippen LogP contribution in [0.2, 0.25) is 0 Å². The first-order valence-corrected chi connectivity index (χ1v) is 6.76. The lowest BCUT2D eigenvalue weighted by molar-refractivity contribution is -0.141. The molecule has 104 valence electrons. The van der Waals surface area contributed by atoms with Crippen molar-refractivity contribution in [3.8, 4) is 0 Å². The predicted molar refractivity (Wildman–Crippen MR) is 69.4 cm³/mol. The van der Waals surface area contributed by atoms with Crippen molar-refractivity contribution in [3.63, 3.8) is 0 Å². The first-order chi connectivity index (χ1) is 8.50. The van der Waals surface area contributed by atoms with Gasteiger partial charge in [0.25, 0.3) is 0 Å². The SMILES string of the molecule is CC1CCCN(C(=O)NCCC(C)C(=O)O)CC1. The van der Waals surface area contributed by atoms with Crippen molar-refractivity contribution >= 4 is 12.0 Å². The molecule has 0 bridgehead atoms. The van der Waals surface area contributed by atoms with E-state index in [4.69, 9.17) is 5.11 Å². The maximum Gasteiger partial charge on any atom is 0.317 e. The Kier molecular flexibility index (Phi) is 5.95. The smallest absolute Gasteiger partial charge is 0.317 e. The van der Waals surface area contributed by atoms with Crippen LogP contribution >= 0.6 is 0 Å². The number of hydrogen-bond donors (Lipinski definition) is 2. The molecule has 1 fully saturated rings. The van der Waals surface area contributed by atoms with Crippen LogP contribution in [-0.2, 0) is 4.79 Å². The van der Waals surface area contributed by atoms with Gasteiger partial charge in [0, 0.05) is 19.6 Å². The summed E-state index contributed by atoms with van der Waals surface area (Å²) in [5.74, 6) is -0.530. The minimum absolute atomic E-state index is 0.0540. The summed E-state index contributed by atoms with van der Waals surface area (Å²) in [5, 5.41) is 11.5.